The number of halogens is 1. The van der Waals surface area contributed by atoms with Crippen molar-refractivity contribution >= 4 is 22.5 Å². The number of fused-ring (bicyclic) bond motifs is 3. The second-order valence-corrected chi connectivity index (χ2v) is 9.72. The molecule has 1 aliphatic heterocycles. The van der Waals surface area contributed by atoms with Crippen LogP contribution in [-0.2, 0) is 24.4 Å². The molecular formula is C26H26ClN3O4. The van der Waals surface area contributed by atoms with Gasteiger partial charge in [0.25, 0.3) is 5.56 Å². The molecule has 7 nitrogen and oxygen atoms in total. The van der Waals surface area contributed by atoms with Crippen LogP contribution in [0.3, 0.4) is 0 Å². The highest BCUT2D eigenvalue weighted by atomic mass is 35.5. The van der Waals surface area contributed by atoms with Crippen LogP contribution in [0.4, 0.5) is 0 Å². The molecule has 1 atom stereocenters. The minimum absolute atomic E-state index is 0.342. The zero-order valence-electron chi connectivity index (χ0n) is 19.8. The Bertz CT molecular complexity index is 1540. The van der Waals surface area contributed by atoms with Crippen molar-refractivity contribution in [2.45, 2.75) is 25.5 Å². The van der Waals surface area contributed by atoms with E-state index < -0.39 is 11.6 Å². The van der Waals surface area contributed by atoms with E-state index in [9.17, 15) is 9.59 Å². The number of methoxy groups -OCH3 is 1. The number of ether oxygens (including phenoxy) is 2. The maximum atomic E-state index is 13.6. The summed E-state index contributed by atoms with van der Waals surface area (Å²) in [6, 6.07) is 15.1. The van der Waals surface area contributed by atoms with Gasteiger partial charge in [0.2, 0.25) is 0 Å². The summed E-state index contributed by atoms with van der Waals surface area (Å²) in [6.45, 7) is 4.55. The van der Waals surface area contributed by atoms with Crippen LogP contribution in [0.5, 0.6) is 5.75 Å². The first-order chi connectivity index (χ1) is 16.2. The van der Waals surface area contributed by atoms with E-state index in [0.29, 0.717) is 28.3 Å². The molecule has 0 aliphatic carbocycles. The van der Waals surface area contributed by atoms with E-state index in [1.54, 1.807) is 30.9 Å². The zero-order chi connectivity index (χ0) is 24.4. The lowest BCUT2D eigenvalue weighted by atomic mass is 9.98. The zero-order valence-corrected chi connectivity index (χ0v) is 20.5. The van der Waals surface area contributed by atoms with E-state index in [4.69, 9.17) is 21.1 Å². The van der Waals surface area contributed by atoms with Crippen LogP contribution in [0, 0.1) is 0 Å². The number of aromatic nitrogens is 3. The van der Waals surface area contributed by atoms with Crippen molar-refractivity contribution in [2.24, 2.45) is 14.1 Å². The molecule has 0 amide bonds. The molecule has 176 valence electrons. The Morgan fingerprint density at radius 1 is 1.06 bits per heavy atom. The fourth-order valence-electron chi connectivity index (χ4n) is 4.94. The molecule has 3 heterocycles. The smallest absolute Gasteiger partial charge is 0.331 e. The quantitative estimate of drug-likeness (QED) is 0.441. The third kappa shape index (κ3) is 3.22. The van der Waals surface area contributed by atoms with Gasteiger partial charge in [-0.25, -0.2) is 4.79 Å². The second kappa shape index (κ2) is 7.89. The predicted octanol–water partition coefficient (Wildman–Crippen LogP) is 4.22. The molecule has 0 bridgehead atoms. The lowest BCUT2D eigenvalue weighted by molar-refractivity contribution is -0.00714. The van der Waals surface area contributed by atoms with Gasteiger partial charge in [0.15, 0.2) is 0 Å². The SMILES string of the molecule is COc1cccc([C@@H]2OCC(C)(C)n3c(-c4ccc(Cl)cc4)c4c(=O)n(C)c(=O)n(C)c4c32)c1. The van der Waals surface area contributed by atoms with Crippen LogP contribution >= 0.6 is 11.6 Å². The van der Waals surface area contributed by atoms with Crippen molar-refractivity contribution in [3.05, 3.63) is 85.6 Å². The van der Waals surface area contributed by atoms with Crippen molar-refractivity contribution in [1.29, 1.82) is 0 Å². The summed E-state index contributed by atoms with van der Waals surface area (Å²) < 4.78 is 16.7. The van der Waals surface area contributed by atoms with Gasteiger partial charge in [0, 0.05) is 19.1 Å². The van der Waals surface area contributed by atoms with E-state index in [1.165, 1.54) is 7.05 Å². The first kappa shape index (κ1) is 22.5. The second-order valence-electron chi connectivity index (χ2n) is 9.29. The number of benzene rings is 2. The Morgan fingerprint density at radius 2 is 1.76 bits per heavy atom. The molecule has 2 aromatic heterocycles. The van der Waals surface area contributed by atoms with Crippen LogP contribution in [0.2, 0.25) is 5.02 Å². The van der Waals surface area contributed by atoms with Crippen molar-refractivity contribution in [1.82, 2.24) is 13.7 Å². The predicted molar refractivity (Wildman–Crippen MR) is 133 cm³/mol. The van der Waals surface area contributed by atoms with Gasteiger partial charge in [0.05, 0.1) is 41.5 Å². The first-order valence-electron chi connectivity index (χ1n) is 11.0. The lowest BCUT2D eigenvalue weighted by Gasteiger charge is -2.39. The molecule has 34 heavy (non-hydrogen) atoms. The van der Waals surface area contributed by atoms with Crippen LogP contribution in [0.1, 0.15) is 31.2 Å². The molecule has 0 N–H and O–H groups in total. The summed E-state index contributed by atoms with van der Waals surface area (Å²) in [5.41, 5.74) is 2.59. The maximum absolute atomic E-state index is 13.6. The number of nitrogens with zero attached hydrogens (tertiary/aromatic N) is 3. The summed E-state index contributed by atoms with van der Waals surface area (Å²) in [5.74, 6) is 0.705. The van der Waals surface area contributed by atoms with E-state index in [-0.39, 0.29) is 11.2 Å². The van der Waals surface area contributed by atoms with E-state index in [1.807, 2.05) is 36.4 Å². The highest BCUT2D eigenvalue weighted by molar-refractivity contribution is 6.30. The Kier molecular flexibility index (Phi) is 5.22. The standard InChI is InChI=1S/C26H26ClN3O4/c1-26(2)14-34-23(16-7-6-8-18(13-16)33-5)22-21-19(24(31)29(4)25(32)28(21)3)20(30(22)26)15-9-11-17(27)12-10-15/h6-13,23H,14H2,1-5H3/t23-/m0/s1. The largest absolute Gasteiger partial charge is 0.497 e. The average Bonchev–Trinajstić information content (AvgIpc) is 3.19. The van der Waals surface area contributed by atoms with Gasteiger partial charge in [-0.15, -0.1) is 0 Å². The molecule has 1 aliphatic rings. The van der Waals surface area contributed by atoms with Gasteiger partial charge in [-0.3, -0.25) is 13.9 Å². The van der Waals surface area contributed by atoms with Gasteiger partial charge in [-0.2, -0.15) is 0 Å². The molecule has 0 saturated heterocycles. The third-order valence-corrected chi connectivity index (χ3v) is 6.83. The minimum Gasteiger partial charge on any atom is -0.497 e. The summed E-state index contributed by atoms with van der Waals surface area (Å²) in [5, 5.41) is 1.09. The molecular weight excluding hydrogens is 454 g/mol. The Morgan fingerprint density at radius 3 is 2.44 bits per heavy atom. The molecule has 0 fully saturated rings. The molecule has 0 saturated carbocycles. The van der Waals surface area contributed by atoms with Gasteiger partial charge in [-0.05, 0) is 49.2 Å². The summed E-state index contributed by atoms with van der Waals surface area (Å²) in [4.78, 5) is 26.6. The van der Waals surface area contributed by atoms with Crippen LogP contribution in [0.15, 0.2) is 58.1 Å². The molecule has 8 heteroatoms. The number of rotatable bonds is 3. The van der Waals surface area contributed by atoms with E-state index in [2.05, 4.69) is 18.4 Å². The average molecular weight is 480 g/mol. The Hall–Kier alpha value is -3.29. The number of hydrogen-bond acceptors (Lipinski definition) is 4. The van der Waals surface area contributed by atoms with Crippen LogP contribution in [0.25, 0.3) is 22.2 Å². The summed E-state index contributed by atoms with van der Waals surface area (Å²) in [7, 11) is 4.82. The van der Waals surface area contributed by atoms with Crippen molar-refractivity contribution in [3.8, 4) is 17.0 Å². The number of aryl methyl sites for hydroxylation is 1. The van der Waals surface area contributed by atoms with E-state index >= 15 is 0 Å². The monoisotopic (exact) mass is 479 g/mol. The highest BCUT2D eigenvalue weighted by Crippen LogP contribution is 2.45. The van der Waals surface area contributed by atoms with Crippen molar-refractivity contribution in [2.75, 3.05) is 13.7 Å². The van der Waals surface area contributed by atoms with Gasteiger partial charge < -0.3 is 14.0 Å². The van der Waals surface area contributed by atoms with Crippen LogP contribution in [-0.4, -0.2) is 27.4 Å². The topological polar surface area (TPSA) is 67.4 Å². The normalized spacial score (nSPS) is 17.1. The third-order valence-electron chi connectivity index (χ3n) is 6.58. The molecule has 0 unspecified atom stereocenters. The maximum Gasteiger partial charge on any atom is 0.331 e. The van der Waals surface area contributed by atoms with Crippen LogP contribution < -0.4 is 16.0 Å². The van der Waals surface area contributed by atoms with Crippen molar-refractivity contribution in [3.63, 3.8) is 0 Å². The first-order valence-corrected chi connectivity index (χ1v) is 11.4. The Labute approximate surface area is 201 Å². The molecule has 2 aromatic carbocycles. The van der Waals surface area contributed by atoms with Gasteiger partial charge >= 0.3 is 5.69 Å². The fourth-order valence-corrected chi connectivity index (χ4v) is 5.06. The summed E-state index contributed by atoms with van der Waals surface area (Å²) in [6.07, 6.45) is -0.496. The fraction of sp³-hybridized carbons (Fsp3) is 0.308. The van der Waals surface area contributed by atoms with Gasteiger partial charge in [-0.1, -0.05) is 35.9 Å². The van der Waals surface area contributed by atoms with Gasteiger partial charge in [0.1, 0.15) is 11.9 Å². The molecule has 5 rings (SSSR count). The molecule has 0 radical (unpaired) electrons. The summed E-state index contributed by atoms with van der Waals surface area (Å²) >= 11 is 6.18. The molecule has 4 aromatic rings. The number of hydrogen-bond donors (Lipinski definition) is 0. The highest BCUT2D eigenvalue weighted by Gasteiger charge is 2.40. The van der Waals surface area contributed by atoms with Crippen molar-refractivity contribution < 1.29 is 9.47 Å². The lowest BCUT2D eigenvalue weighted by Crippen LogP contribution is -2.40. The molecule has 0 spiro atoms. The Balaban J connectivity index is 1.99. The minimum atomic E-state index is -0.496. The van der Waals surface area contributed by atoms with E-state index in [0.717, 1.165) is 27.1 Å².